The number of carbonyl (C=O) groups is 3. The molecule has 0 radical (unpaired) electrons. The van der Waals surface area contributed by atoms with Gasteiger partial charge in [-0.25, -0.2) is 4.79 Å². The Balaban J connectivity index is 4.34. The quantitative estimate of drug-likeness (QED) is 0.0211. The summed E-state index contributed by atoms with van der Waals surface area (Å²) in [5, 5.41) is 9.68. The lowest BCUT2D eigenvalue weighted by Gasteiger charge is -2.25. The van der Waals surface area contributed by atoms with E-state index in [4.69, 9.17) is 18.9 Å². The topological polar surface area (TPSA) is 108 Å². The van der Waals surface area contributed by atoms with E-state index in [2.05, 4.69) is 74.6 Å². The third-order valence-electron chi connectivity index (χ3n) is 11.3. The fourth-order valence-electron chi connectivity index (χ4n) is 7.22. The number of quaternary nitrogens is 1. The molecule has 0 aliphatic rings. The minimum Gasteiger partial charge on any atom is -0.477 e. The maximum absolute atomic E-state index is 12.8. The molecule has 65 heavy (non-hydrogen) atoms. The van der Waals surface area contributed by atoms with Crippen molar-refractivity contribution >= 4 is 17.9 Å². The van der Waals surface area contributed by atoms with Crippen LogP contribution in [0.4, 0.5) is 0 Å². The lowest BCUT2D eigenvalue weighted by atomic mass is 10.0. The number of carboxylic acid groups (broad SMARTS) is 1. The van der Waals surface area contributed by atoms with Crippen molar-refractivity contribution in [1.29, 1.82) is 0 Å². The minimum absolute atomic E-state index is 0.184. The molecule has 0 saturated heterocycles. The van der Waals surface area contributed by atoms with Crippen LogP contribution in [0.5, 0.6) is 0 Å². The summed E-state index contributed by atoms with van der Waals surface area (Å²) < 4.78 is 22.8. The molecule has 0 aromatic heterocycles. The van der Waals surface area contributed by atoms with Gasteiger partial charge in [-0.1, -0.05) is 209 Å². The summed E-state index contributed by atoms with van der Waals surface area (Å²) in [6, 6.07) is 0. The van der Waals surface area contributed by atoms with Crippen LogP contribution in [0.15, 0.2) is 60.8 Å². The van der Waals surface area contributed by atoms with Crippen molar-refractivity contribution in [2.75, 3.05) is 47.5 Å². The Morgan fingerprint density at radius 1 is 0.477 bits per heavy atom. The van der Waals surface area contributed by atoms with Crippen molar-refractivity contribution < 1.29 is 42.9 Å². The van der Waals surface area contributed by atoms with Gasteiger partial charge in [-0.2, -0.15) is 0 Å². The van der Waals surface area contributed by atoms with Gasteiger partial charge in [0.2, 0.25) is 0 Å². The normalized spacial score (nSPS) is 13.3. The number of hydrogen-bond acceptors (Lipinski definition) is 7. The second-order valence-electron chi connectivity index (χ2n) is 18.8. The first-order valence-corrected chi connectivity index (χ1v) is 26.5. The van der Waals surface area contributed by atoms with Gasteiger partial charge >= 0.3 is 17.9 Å². The van der Waals surface area contributed by atoms with Crippen LogP contribution < -0.4 is 0 Å². The van der Waals surface area contributed by atoms with E-state index < -0.39 is 24.3 Å². The van der Waals surface area contributed by atoms with Gasteiger partial charge in [-0.3, -0.25) is 9.59 Å². The van der Waals surface area contributed by atoms with Crippen molar-refractivity contribution in [2.24, 2.45) is 0 Å². The van der Waals surface area contributed by atoms with Gasteiger partial charge in [0.25, 0.3) is 6.29 Å². The van der Waals surface area contributed by atoms with E-state index >= 15 is 0 Å². The molecule has 9 heteroatoms. The Morgan fingerprint density at radius 3 is 1.31 bits per heavy atom. The van der Waals surface area contributed by atoms with Crippen LogP contribution in [0.1, 0.15) is 219 Å². The van der Waals surface area contributed by atoms with Crippen LogP contribution in [0, 0.1) is 0 Å². The average molecular weight is 915 g/mol. The zero-order chi connectivity index (χ0) is 47.7. The predicted octanol–water partition coefficient (Wildman–Crippen LogP) is 14.9. The van der Waals surface area contributed by atoms with Crippen LogP contribution in [-0.4, -0.2) is 87.4 Å². The van der Waals surface area contributed by atoms with Gasteiger partial charge in [0.1, 0.15) is 13.2 Å². The molecule has 376 valence electrons. The summed E-state index contributed by atoms with van der Waals surface area (Å²) >= 11 is 0. The van der Waals surface area contributed by atoms with E-state index in [0.717, 1.165) is 77.0 Å². The summed E-state index contributed by atoms with van der Waals surface area (Å²) in [4.78, 5) is 37.3. The lowest BCUT2D eigenvalue weighted by molar-refractivity contribution is -0.870. The number of allylic oxidation sites excluding steroid dienone is 10. The first kappa shape index (κ1) is 62.0. The van der Waals surface area contributed by atoms with Gasteiger partial charge in [-0.15, -0.1) is 0 Å². The Morgan fingerprint density at radius 2 is 0.877 bits per heavy atom. The summed E-state index contributed by atoms with van der Waals surface area (Å²) in [6.07, 6.45) is 55.6. The van der Waals surface area contributed by atoms with E-state index in [1.54, 1.807) is 0 Å². The van der Waals surface area contributed by atoms with Crippen LogP contribution in [0.2, 0.25) is 0 Å². The summed E-state index contributed by atoms with van der Waals surface area (Å²) in [5.41, 5.74) is 0. The average Bonchev–Trinajstić information content (AvgIpc) is 3.27. The maximum atomic E-state index is 12.8. The molecule has 2 atom stereocenters. The van der Waals surface area contributed by atoms with Crippen molar-refractivity contribution in [3.63, 3.8) is 0 Å². The number of likely N-dealkylation sites (N-methyl/N-ethyl adjacent to an activating group) is 1. The zero-order valence-electron chi connectivity index (χ0n) is 42.6. The molecule has 2 unspecified atom stereocenters. The number of unbranched alkanes of at least 4 members (excludes halogenated alkanes) is 23. The highest BCUT2D eigenvalue weighted by molar-refractivity contribution is 5.71. The number of esters is 2. The molecule has 0 amide bonds. The van der Waals surface area contributed by atoms with Crippen molar-refractivity contribution in [2.45, 2.75) is 232 Å². The number of nitrogens with zero attached hydrogens (tertiary/aromatic N) is 1. The first-order chi connectivity index (χ1) is 31.6. The lowest BCUT2D eigenvalue weighted by Crippen LogP contribution is -2.40. The number of rotatable bonds is 48. The molecule has 0 aromatic carbocycles. The number of aliphatic carboxylic acids is 1. The Kier molecular flexibility index (Phi) is 45.3. The molecule has 0 aliphatic heterocycles. The van der Waals surface area contributed by atoms with E-state index in [1.807, 2.05) is 21.1 Å². The predicted molar refractivity (Wildman–Crippen MR) is 272 cm³/mol. The Bertz CT molecular complexity index is 1250. The second kappa shape index (κ2) is 47.5. The first-order valence-electron chi connectivity index (χ1n) is 26.5. The standard InChI is InChI=1S/C56H99NO8/c1-6-8-10-12-14-16-18-20-22-24-25-26-27-28-29-31-33-35-37-39-41-43-45-47-54(59)65-52(51-64-56(55(60)61)62-49-48-57(3,4)5)50-63-53(58)46-44-42-40-38-36-34-32-30-23-21-19-17-15-13-11-9-7-2/h8,10,14,16,20,22,25-26,28-29,52,56H,6-7,9,11-13,15,17-19,21,23-24,27,30-51H2,1-5H3/p+1/b10-8-,16-14-,22-20-,26-25-,29-28-. The largest absolute Gasteiger partial charge is 0.477 e. The van der Waals surface area contributed by atoms with Crippen LogP contribution in [0.3, 0.4) is 0 Å². The van der Waals surface area contributed by atoms with Gasteiger partial charge in [0.05, 0.1) is 34.4 Å². The summed E-state index contributed by atoms with van der Waals surface area (Å²) in [5.74, 6) is -2.02. The zero-order valence-corrected chi connectivity index (χ0v) is 42.6. The molecule has 0 spiro atoms. The molecular formula is C56H100NO8+. The molecule has 1 N–H and O–H groups in total. The second-order valence-corrected chi connectivity index (χ2v) is 18.8. The van der Waals surface area contributed by atoms with Gasteiger partial charge in [-0.05, 0) is 57.8 Å². The molecule has 0 aromatic rings. The summed E-state index contributed by atoms with van der Waals surface area (Å²) in [7, 11) is 5.96. The van der Waals surface area contributed by atoms with Crippen molar-refractivity contribution in [3.05, 3.63) is 60.8 Å². The molecule has 0 saturated carbocycles. The van der Waals surface area contributed by atoms with E-state index in [9.17, 15) is 19.5 Å². The number of carbonyl (C=O) groups excluding carboxylic acids is 2. The molecule has 0 aliphatic carbocycles. The van der Waals surface area contributed by atoms with Gasteiger partial charge < -0.3 is 28.5 Å². The smallest absolute Gasteiger partial charge is 0.361 e. The molecule has 0 rings (SSSR count). The van der Waals surface area contributed by atoms with Crippen molar-refractivity contribution in [3.8, 4) is 0 Å². The fourth-order valence-corrected chi connectivity index (χ4v) is 7.22. The SMILES string of the molecule is CC/C=C\C/C=C\C/C=C\C/C=C\C/C=C\CCCCCCCCCC(=O)OC(COC(=O)CCCCCCCCCCCCCCCCCCC)COC(OCC[N+](C)(C)C)C(=O)O. The van der Waals surface area contributed by atoms with E-state index in [0.29, 0.717) is 23.9 Å². The molecule has 0 bridgehead atoms. The van der Waals surface area contributed by atoms with E-state index in [-0.39, 0.29) is 32.2 Å². The molecule has 9 nitrogen and oxygen atoms in total. The van der Waals surface area contributed by atoms with Gasteiger partial charge in [0.15, 0.2) is 6.10 Å². The minimum atomic E-state index is -1.51. The number of hydrogen-bond donors (Lipinski definition) is 1. The molecule has 0 fully saturated rings. The Labute approximate surface area is 399 Å². The molecule has 0 heterocycles. The number of carboxylic acids is 1. The third-order valence-corrected chi connectivity index (χ3v) is 11.3. The van der Waals surface area contributed by atoms with Crippen LogP contribution in [0.25, 0.3) is 0 Å². The molecular weight excluding hydrogens is 815 g/mol. The maximum Gasteiger partial charge on any atom is 0.361 e. The van der Waals surface area contributed by atoms with Crippen molar-refractivity contribution in [1.82, 2.24) is 0 Å². The Hall–Kier alpha value is -3.01. The number of ether oxygens (including phenoxy) is 4. The highest BCUT2D eigenvalue weighted by Crippen LogP contribution is 2.16. The summed E-state index contributed by atoms with van der Waals surface area (Å²) in [6.45, 7) is 4.76. The highest BCUT2D eigenvalue weighted by Gasteiger charge is 2.25. The fraction of sp³-hybridized carbons (Fsp3) is 0.768. The van der Waals surface area contributed by atoms with Gasteiger partial charge in [0, 0.05) is 12.8 Å². The van der Waals surface area contributed by atoms with Crippen LogP contribution in [-0.2, 0) is 33.3 Å². The highest BCUT2D eigenvalue weighted by atomic mass is 16.7. The monoisotopic (exact) mass is 915 g/mol. The van der Waals surface area contributed by atoms with E-state index in [1.165, 1.54) is 109 Å². The van der Waals surface area contributed by atoms with Crippen LogP contribution >= 0.6 is 0 Å². The third kappa shape index (κ3) is 48.7.